The molecule has 0 spiro atoms. The van der Waals surface area contributed by atoms with Crippen molar-refractivity contribution in [3.63, 3.8) is 0 Å². The van der Waals surface area contributed by atoms with Crippen molar-refractivity contribution in [2.75, 3.05) is 7.05 Å². The van der Waals surface area contributed by atoms with Crippen LogP contribution in [0.25, 0.3) is 5.82 Å². The van der Waals surface area contributed by atoms with Crippen LogP contribution in [0.2, 0.25) is 0 Å². The monoisotopic (exact) mass is 244 g/mol. The van der Waals surface area contributed by atoms with Gasteiger partial charge in [-0.05, 0) is 38.9 Å². The summed E-state index contributed by atoms with van der Waals surface area (Å²) in [6.45, 7) is 7.12. The van der Waals surface area contributed by atoms with Gasteiger partial charge < -0.3 is 5.32 Å². The Bertz CT molecular complexity index is 543. The van der Waals surface area contributed by atoms with Crippen LogP contribution < -0.4 is 5.32 Å². The molecule has 0 aromatic carbocycles. The van der Waals surface area contributed by atoms with Crippen LogP contribution in [-0.4, -0.2) is 21.8 Å². The van der Waals surface area contributed by atoms with Crippen molar-refractivity contribution in [3.8, 4) is 5.82 Å². The van der Waals surface area contributed by atoms with Crippen LogP contribution in [0, 0.1) is 13.8 Å². The number of rotatable bonds is 4. The number of nitrogens with zero attached hydrogens (tertiary/aromatic N) is 3. The van der Waals surface area contributed by atoms with Crippen LogP contribution in [0.1, 0.15) is 29.4 Å². The van der Waals surface area contributed by atoms with E-state index in [4.69, 9.17) is 0 Å². The molecule has 0 aliphatic heterocycles. The first-order chi connectivity index (χ1) is 8.69. The Morgan fingerprint density at radius 2 is 2.11 bits per heavy atom. The van der Waals surface area contributed by atoms with E-state index in [-0.39, 0.29) is 0 Å². The second kappa shape index (κ2) is 5.31. The lowest BCUT2D eigenvalue weighted by atomic mass is 10.1. The summed E-state index contributed by atoms with van der Waals surface area (Å²) in [5.41, 5.74) is 4.76. The quantitative estimate of drug-likeness (QED) is 0.896. The molecule has 0 unspecified atom stereocenters. The third-order valence-corrected chi connectivity index (χ3v) is 3.23. The molecule has 0 aliphatic rings. The zero-order valence-corrected chi connectivity index (χ0v) is 11.5. The Labute approximate surface area is 108 Å². The van der Waals surface area contributed by atoms with Gasteiger partial charge >= 0.3 is 0 Å². The van der Waals surface area contributed by atoms with Crippen molar-refractivity contribution in [1.29, 1.82) is 0 Å². The van der Waals surface area contributed by atoms with Crippen molar-refractivity contribution in [3.05, 3.63) is 40.8 Å². The fourth-order valence-corrected chi connectivity index (χ4v) is 2.34. The molecule has 96 valence electrons. The van der Waals surface area contributed by atoms with E-state index in [0.717, 1.165) is 30.0 Å². The second-order valence-electron chi connectivity index (χ2n) is 4.43. The topological polar surface area (TPSA) is 42.7 Å². The number of pyridine rings is 1. The first-order valence-electron chi connectivity index (χ1n) is 6.33. The summed E-state index contributed by atoms with van der Waals surface area (Å²) in [6.07, 6.45) is 2.82. The zero-order chi connectivity index (χ0) is 13.1. The molecule has 2 rings (SSSR count). The van der Waals surface area contributed by atoms with E-state index < -0.39 is 0 Å². The Morgan fingerprint density at radius 1 is 1.33 bits per heavy atom. The Kier molecular flexibility index (Phi) is 3.77. The van der Waals surface area contributed by atoms with Gasteiger partial charge in [0.05, 0.1) is 5.69 Å². The number of hydrogen-bond acceptors (Lipinski definition) is 3. The summed E-state index contributed by atoms with van der Waals surface area (Å²) in [4.78, 5) is 4.48. The molecule has 0 atom stereocenters. The van der Waals surface area contributed by atoms with Crippen molar-refractivity contribution in [2.24, 2.45) is 0 Å². The molecular weight excluding hydrogens is 224 g/mol. The van der Waals surface area contributed by atoms with E-state index in [9.17, 15) is 0 Å². The minimum absolute atomic E-state index is 0.795. The van der Waals surface area contributed by atoms with Gasteiger partial charge in [0.2, 0.25) is 0 Å². The smallest absolute Gasteiger partial charge is 0.158 e. The molecule has 1 N–H and O–H groups in total. The molecule has 2 heterocycles. The van der Waals surface area contributed by atoms with Crippen LogP contribution in [-0.2, 0) is 13.0 Å². The summed E-state index contributed by atoms with van der Waals surface area (Å²) < 4.78 is 1.96. The molecule has 0 bridgehead atoms. The SMILES string of the molecule is CCc1c(C)nn(-c2ncccc2CNC)c1C. The van der Waals surface area contributed by atoms with Gasteiger partial charge in [-0.15, -0.1) is 0 Å². The molecule has 0 aliphatic carbocycles. The van der Waals surface area contributed by atoms with E-state index in [2.05, 4.69) is 42.2 Å². The second-order valence-corrected chi connectivity index (χ2v) is 4.43. The van der Waals surface area contributed by atoms with Gasteiger partial charge in [0.1, 0.15) is 0 Å². The number of hydrogen-bond donors (Lipinski definition) is 1. The Hall–Kier alpha value is -1.68. The lowest BCUT2D eigenvalue weighted by molar-refractivity contribution is 0.754. The average molecular weight is 244 g/mol. The van der Waals surface area contributed by atoms with Gasteiger partial charge in [-0.2, -0.15) is 5.10 Å². The van der Waals surface area contributed by atoms with Crippen LogP contribution in [0.15, 0.2) is 18.3 Å². The highest BCUT2D eigenvalue weighted by Gasteiger charge is 2.14. The van der Waals surface area contributed by atoms with Crippen LogP contribution in [0.4, 0.5) is 0 Å². The van der Waals surface area contributed by atoms with Crippen molar-refractivity contribution in [2.45, 2.75) is 33.7 Å². The highest BCUT2D eigenvalue weighted by molar-refractivity contribution is 5.38. The Morgan fingerprint density at radius 3 is 2.72 bits per heavy atom. The normalized spacial score (nSPS) is 10.9. The van der Waals surface area contributed by atoms with Crippen LogP contribution >= 0.6 is 0 Å². The molecule has 2 aromatic rings. The maximum atomic E-state index is 4.62. The van der Waals surface area contributed by atoms with Gasteiger partial charge in [-0.1, -0.05) is 13.0 Å². The van der Waals surface area contributed by atoms with E-state index in [1.165, 1.54) is 11.3 Å². The maximum Gasteiger partial charge on any atom is 0.158 e. The molecular formula is C14H20N4. The average Bonchev–Trinajstić information content (AvgIpc) is 2.65. The molecule has 0 fully saturated rings. The lowest BCUT2D eigenvalue weighted by Gasteiger charge is -2.09. The summed E-state index contributed by atoms with van der Waals surface area (Å²) in [7, 11) is 1.94. The molecule has 18 heavy (non-hydrogen) atoms. The summed E-state index contributed by atoms with van der Waals surface area (Å²) in [6, 6.07) is 4.05. The van der Waals surface area contributed by atoms with Gasteiger partial charge in [-0.25, -0.2) is 9.67 Å². The van der Waals surface area contributed by atoms with E-state index in [0.29, 0.717) is 0 Å². The van der Waals surface area contributed by atoms with Crippen LogP contribution in [0.3, 0.4) is 0 Å². The predicted molar refractivity (Wildman–Crippen MR) is 73.0 cm³/mol. The van der Waals surface area contributed by atoms with E-state index >= 15 is 0 Å². The highest BCUT2D eigenvalue weighted by Crippen LogP contribution is 2.19. The summed E-state index contributed by atoms with van der Waals surface area (Å²) in [5.74, 6) is 0.923. The predicted octanol–water partition coefficient (Wildman–Crippen LogP) is 2.17. The lowest BCUT2D eigenvalue weighted by Crippen LogP contribution is -2.12. The van der Waals surface area contributed by atoms with Crippen molar-refractivity contribution < 1.29 is 0 Å². The number of aromatic nitrogens is 3. The molecule has 4 nitrogen and oxygen atoms in total. The maximum absolute atomic E-state index is 4.62. The van der Waals surface area contributed by atoms with Gasteiger partial charge in [0.15, 0.2) is 5.82 Å². The molecule has 0 saturated heterocycles. The minimum atomic E-state index is 0.795. The van der Waals surface area contributed by atoms with Crippen molar-refractivity contribution >= 4 is 0 Å². The Balaban J connectivity index is 2.55. The van der Waals surface area contributed by atoms with Crippen LogP contribution in [0.5, 0.6) is 0 Å². The van der Waals surface area contributed by atoms with E-state index in [1.807, 2.05) is 24.0 Å². The minimum Gasteiger partial charge on any atom is -0.316 e. The zero-order valence-electron chi connectivity index (χ0n) is 11.5. The molecule has 0 saturated carbocycles. The highest BCUT2D eigenvalue weighted by atomic mass is 15.3. The number of aryl methyl sites for hydroxylation is 1. The summed E-state index contributed by atoms with van der Waals surface area (Å²) >= 11 is 0. The van der Waals surface area contributed by atoms with Gasteiger partial charge in [-0.3, -0.25) is 0 Å². The molecule has 0 amide bonds. The first-order valence-corrected chi connectivity index (χ1v) is 6.33. The fourth-order valence-electron chi connectivity index (χ4n) is 2.34. The molecule has 2 aromatic heterocycles. The first kappa shape index (κ1) is 12.8. The third kappa shape index (κ3) is 2.16. The van der Waals surface area contributed by atoms with Gasteiger partial charge in [0.25, 0.3) is 0 Å². The van der Waals surface area contributed by atoms with Crippen molar-refractivity contribution in [1.82, 2.24) is 20.1 Å². The third-order valence-electron chi connectivity index (χ3n) is 3.23. The van der Waals surface area contributed by atoms with E-state index in [1.54, 1.807) is 0 Å². The summed E-state index contributed by atoms with van der Waals surface area (Å²) in [5, 5.41) is 7.79. The fraction of sp³-hybridized carbons (Fsp3) is 0.429. The largest absolute Gasteiger partial charge is 0.316 e. The number of nitrogens with one attached hydrogen (secondary N) is 1. The molecule has 4 heteroatoms. The van der Waals surface area contributed by atoms with Gasteiger partial charge in [0, 0.05) is 24.0 Å². The molecule has 0 radical (unpaired) electrons. The standard InChI is InChI=1S/C14H20N4/c1-5-13-10(2)17-18(11(13)3)14-12(9-15-4)7-6-8-16-14/h6-8,15H,5,9H2,1-4H3.